The van der Waals surface area contributed by atoms with Crippen molar-refractivity contribution in [1.29, 1.82) is 0 Å². The van der Waals surface area contributed by atoms with Crippen LogP contribution in [-0.2, 0) is 0 Å². The summed E-state index contributed by atoms with van der Waals surface area (Å²) < 4.78 is 0. The molecule has 0 radical (unpaired) electrons. The van der Waals surface area contributed by atoms with Crippen LogP contribution in [-0.4, -0.2) is 34.7 Å². The number of hydrogen-bond donors (Lipinski definition) is 1. The molecular formula is C9H13N3O3. The van der Waals surface area contributed by atoms with Gasteiger partial charge in [0, 0.05) is 25.9 Å². The molecule has 0 saturated heterocycles. The van der Waals surface area contributed by atoms with Gasteiger partial charge in [-0.25, -0.2) is 4.98 Å². The zero-order valence-electron chi connectivity index (χ0n) is 8.62. The Morgan fingerprint density at radius 2 is 2.40 bits per heavy atom. The van der Waals surface area contributed by atoms with E-state index in [0.717, 1.165) is 0 Å². The minimum atomic E-state index is -0.504. The summed E-state index contributed by atoms with van der Waals surface area (Å²) in [6.45, 7) is 2.03. The number of nitrogens with zero attached hydrogens (tertiary/aromatic N) is 3. The zero-order valence-corrected chi connectivity index (χ0v) is 8.62. The van der Waals surface area contributed by atoms with E-state index in [-0.39, 0.29) is 5.69 Å². The van der Waals surface area contributed by atoms with Crippen LogP contribution in [0.3, 0.4) is 0 Å². The second kappa shape index (κ2) is 4.70. The second-order valence-electron chi connectivity index (χ2n) is 3.36. The lowest BCUT2D eigenvalue weighted by Gasteiger charge is -2.19. The number of aliphatic hydroxyl groups is 1. The van der Waals surface area contributed by atoms with Crippen molar-refractivity contribution >= 4 is 11.5 Å². The SMILES string of the molecule is CC(O)CN(C)c1cc([N+](=O)[O-])ccn1. The van der Waals surface area contributed by atoms with E-state index in [1.54, 1.807) is 18.9 Å². The van der Waals surface area contributed by atoms with Crippen molar-refractivity contribution in [1.82, 2.24) is 4.98 Å². The third kappa shape index (κ3) is 3.17. The van der Waals surface area contributed by atoms with Crippen molar-refractivity contribution in [2.24, 2.45) is 0 Å². The molecule has 1 aromatic heterocycles. The monoisotopic (exact) mass is 211 g/mol. The van der Waals surface area contributed by atoms with Gasteiger partial charge in [-0.1, -0.05) is 0 Å². The quantitative estimate of drug-likeness (QED) is 0.588. The molecule has 1 N–H and O–H groups in total. The van der Waals surface area contributed by atoms with Gasteiger partial charge in [0.25, 0.3) is 5.69 Å². The van der Waals surface area contributed by atoms with Crippen LogP contribution in [0.5, 0.6) is 0 Å². The molecule has 1 heterocycles. The Morgan fingerprint density at radius 3 is 2.93 bits per heavy atom. The molecule has 1 atom stereocenters. The lowest BCUT2D eigenvalue weighted by Crippen LogP contribution is -2.27. The molecule has 0 aliphatic rings. The van der Waals surface area contributed by atoms with Gasteiger partial charge in [-0.15, -0.1) is 0 Å². The van der Waals surface area contributed by atoms with Gasteiger partial charge in [0.05, 0.1) is 17.1 Å². The molecule has 0 saturated carbocycles. The van der Waals surface area contributed by atoms with Gasteiger partial charge in [-0.3, -0.25) is 10.1 Å². The number of hydrogen-bond acceptors (Lipinski definition) is 5. The minimum Gasteiger partial charge on any atom is -0.392 e. The Bertz CT molecular complexity index is 354. The van der Waals surface area contributed by atoms with Crippen LogP contribution in [0.4, 0.5) is 11.5 Å². The average molecular weight is 211 g/mol. The van der Waals surface area contributed by atoms with Crippen LogP contribution >= 0.6 is 0 Å². The Morgan fingerprint density at radius 1 is 1.73 bits per heavy atom. The van der Waals surface area contributed by atoms with Gasteiger partial charge >= 0.3 is 0 Å². The van der Waals surface area contributed by atoms with Gasteiger partial charge in [-0.2, -0.15) is 0 Å². The summed E-state index contributed by atoms with van der Waals surface area (Å²) in [5.74, 6) is 0.477. The van der Waals surface area contributed by atoms with Crippen LogP contribution in [0.15, 0.2) is 18.3 Å². The fourth-order valence-corrected chi connectivity index (χ4v) is 1.22. The summed E-state index contributed by atoms with van der Waals surface area (Å²) >= 11 is 0. The highest BCUT2D eigenvalue weighted by Gasteiger charge is 2.10. The average Bonchev–Trinajstić information content (AvgIpc) is 2.17. The second-order valence-corrected chi connectivity index (χ2v) is 3.36. The number of pyridine rings is 1. The maximum absolute atomic E-state index is 10.5. The molecule has 6 nitrogen and oxygen atoms in total. The van der Waals surface area contributed by atoms with E-state index >= 15 is 0 Å². The minimum absolute atomic E-state index is 0.00237. The number of likely N-dealkylation sites (N-methyl/N-ethyl adjacent to an activating group) is 1. The van der Waals surface area contributed by atoms with E-state index in [1.165, 1.54) is 18.3 Å². The molecule has 0 aromatic carbocycles. The third-order valence-electron chi connectivity index (χ3n) is 1.87. The van der Waals surface area contributed by atoms with Crippen LogP contribution in [0.2, 0.25) is 0 Å². The highest BCUT2D eigenvalue weighted by molar-refractivity contribution is 5.45. The first-order chi connectivity index (χ1) is 7.00. The van der Waals surface area contributed by atoms with E-state index in [2.05, 4.69) is 4.98 Å². The summed E-state index contributed by atoms with van der Waals surface area (Å²) in [7, 11) is 1.72. The van der Waals surface area contributed by atoms with Crippen LogP contribution in [0.1, 0.15) is 6.92 Å². The van der Waals surface area contributed by atoms with Crippen LogP contribution in [0, 0.1) is 10.1 Å². The molecule has 1 unspecified atom stereocenters. The van der Waals surface area contributed by atoms with Crippen molar-refractivity contribution in [2.75, 3.05) is 18.5 Å². The van der Waals surface area contributed by atoms with E-state index < -0.39 is 11.0 Å². The van der Waals surface area contributed by atoms with Crippen molar-refractivity contribution in [3.05, 3.63) is 28.4 Å². The van der Waals surface area contributed by atoms with Crippen molar-refractivity contribution in [3.8, 4) is 0 Å². The fourth-order valence-electron chi connectivity index (χ4n) is 1.22. The van der Waals surface area contributed by atoms with Crippen LogP contribution in [0.25, 0.3) is 0 Å². The Kier molecular flexibility index (Phi) is 3.56. The first-order valence-electron chi connectivity index (χ1n) is 4.50. The molecule has 15 heavy (non-hydrogen) atoms. The summed E-state index contributed by atoms with van der Waals surface area (Å²) in [6.07, 6.45) is 0.877. The molecule has 0 fully saturated rings. The molecule has 82 valence electrons. The standard InChI is InChI=1S/C9H13N3O3/c1-7(13)6-11(2)9-5-8(12(14)15)3-4-10-9/h3-5,7,13H,6H2,1-2H3. The van der Waals surface area contributed by atoms with E-state index in [0.29, 0.717) is 12.4 Å². The lowest BCUT2D eigenvalue weighted by atomic mass is 10.3. The number of aliphatic hydroxyl groups excluding tert-OH is 1. The molecule has 0 spiro atoms. The van der Waals surface area contributed by atoms with E-state index in [1.807, 2.05) is 0 Å². The molecule has 0 bridgehead atoms. The van der Waals surface area contributed by atoms with E-state index in [4.69, 9.17) is 5.11 Å². The number of nitro groups is 1. The van der Waals surface area contributed by atoms with Gasteiger partial charge in [0.2, 0.25) is 0 Å². The zero-order chi connectivity index (χ0) is 11.4. The lowest BCUT2D eigenvalue weighted by molar-refractivity contribution is -0.384. The van der Waals surface area contributed by atoms with Gasteiger partial charge in [0.15, 0.2) is 0 Å². The maximum Gasteiger partial charge on any atom is 0.274 e. The first kappa shape index (κ1) is 11.4. The van der Waals surface area contributed by atoms with Crippen molar-refractivity contribution < 1.29 is 10.0 Å². The van der Waals surface area contributed by atoms with Crippen molar-refractivity contribution in [2.45, 2.75) is 13.0 Å². The maximum atomic E-state index is 10.5. The van der Waals surface area contributed by atoms with Gasteiger partial charge in [-0.05, 0) is 6.92 Å². The molecule has 1 aromatic rings. The fraction of sp³-hybridized carbons (Fsp3) is 0.444. The highest BCUT2D eigenvalue weighted by Crippen LogP contribution is 2.16. The molecule has 0 aliphatic carbocycles. The number of rotatable bonds is 4. The van der Waals surface area contributed by atoms with Gasteiger partial charge in [0.1, 0.15) is 5.82 Å². The van der Waals surface area contributed by atoms with Gasteiger partial charge < -0.3 is 10.0 Å². The van der Waals surface area contributed by atoms with Crippen LogP contribution < -0.4 is 4.90 Å². The molecule has 0 amide bonds. The summed E-state index contributed by atoms with van der Waals surface area (Å²) in [5.41, 5.74) is -0.00237. The molecule has 1 rings (SSSR count). The number of aromatic nitrogens is 1. The topological polar surface area (TPSA) is 79.5 Å². The Hall–Kier alpha value is -1.69. The third-order valence-corrected chi connectivity index (χ3v) is 1.87. The summed E-state index contributed by atoms with van der Waals surface area (Å²) in [4.78, 5) is 15.7. The largest absolute Gasteiger partial charge is 0.392 e. The highest BCUT2D eigenvalue weighted by atomic mass is 16.6. The molecule has 6 heteroatoms. The Balaban J connectivity index is 2.85. The predicted octanol–water partition coefficient (Wildman–Crippen LogP) is 0.807. The van der Waals surface area contributed by atoms with Crippen molar-refractivity contribution in [3.63, 3.8) is 0 Å². The van der Waals surface area contributed by atoms with E-state index in [9.17, 15) is 10.1 Å². The predicted molar refractivity (Wildman–Crippen MR) is 55.8 cm³/mol. The normalized spacial score (nSPS) is 12.2. The number of anilines is 1. The molecule has 0 aliphatic heterocycles. The summed E-state index contributed by atoms with van der Waals surface area (Å²) in [6, 6.07) is 2.71. The smallest absolute Gasteiger partial charge is 0.274 e. The molecular weight excluding hydrogens is 198 g/mol. The first-order valence-corrected chi connectivity index (χ1v) is 4.50. The Labute approximate surface area is 87.3 Å². The summed E-state index contributed by atoms with van der Waals surface area (Å²) in [5, 5.41) is 19.7.